The Morgan fingerprint density at radius 2 is 1.69 bits per heavy atom. The quantitative estimate of drug-likeness (QED) is 0.604. The third kappa shape index (κ3) is 4.95. The molecule has 0 aromatic heterocycles. The van der Waals surface area contributed by atoms with Crippen molar-refractivity contribution in [3.05, 3.63) is 48.3 Å². The van der Waals surface area contributed by atoms with Gasteiger partial charge in [-0.25, -0.2) is 12.8 Å². The SMILES string of the molecule is COc1ccc(NS(=O)(=O)c2ccc(NC(=O)[C@@](C)(O)C(F)(F)F)c(F)c2)cc1. The van der Waals surface area contributed by atoms with E-state index in [1.54, 1.807) is 5.32 Å². The number of aliphatic hydroxyl groups is 1. The van der Waals surface area contributed by atoms with Gasteiger partial charge in [-0.1, -0.05) is 0 Å². The van der Waals surface area contributed by atoms with E-state index in [0.29, 0.717) is 11.8 Å². The Hall–Kier alpha value is -2.86. The van der Waals surface area contributed by atoms with Crippen LogP contribution < -0.4 is 14.8 Å². The van der Waals surface area contributed by atoms with Gasteiger partial charge >= 0.3 is 6.18 Å². The molecule has 2 aromatic carbocycles. The van der Waals surface area contributed by atoms with Gasteiger partial charge in [-0.15, -0.1) is 0 Å². The summed E-state index contributed by atoms with van der Waals surface area (Å²) in [6.07, 6.45) is -5.29. The second kappa shape index (κ2) is 7.87. The molecule has 7 nitrogen and oxygen atoms in total. The number of benzene rings is 2. The van der Waals surface area contributed by atoms with Crippen molar-refractivity contribution in [2.24, 2.45) is 0 Å². The highest BCUT2D eigenvalue weighted by molar-refractivity contribution is 7.92. The summed E-state index contributed by atoms with van der Waals surface area (Å²) in [7, 11) is -2.80. The number of hydrogen-bond donors (Lipinski definition) is 3. The average Bonchev–Trinajstić information content (AvgIpc) is 2.62. The molecule has 1 atom stereocenters. The van der Waals surface area contributed by atoms with Crippen molar-refractivity contribution in [3.63, 3.8) is 0 Å². The van der Waals surface area contributed by atoms with Gasteiger partial charge in [-0.3, -0.25) is 9.52 Å². The number of alkyl halides is 3. The number of ether oxygens (including phenoxy) is 1. The summed E-state index contributed by atoms with van der Waals surface area (Å²) < 4.78 is 84.0. The lowest BCUT2D eigenvalue weighted by molar-refractivity contribution is -0.242. The number of rotatable bonds is 6. The number of sulfonamides is 1. The van der Waals surface area contributed by atoms with Gasteiger partial charge in [0.05, 0.1) is 17.7 Å². The predicted molar refractivity (Wildman–Crippen MR) is 95.5 cm³/mol. The molecule has 0 heterocycles. The molecule has 2 aromatic rings. The molecule has 0 unspecified atom stereocenters. The summed E-state index contributed by atoms with van der Waals surface area (Å²) in [5, 5.41) is 10.9. The van der Waals surface area contributed by atoms with Gasteiger partial charge in [0, 0.05) is 5.69 Å². The summed E-state index contributed by atoms with van der Waals surface area (Å²) in [5.41, 5.74) is -4.34. The molecule has 158 valence electrons. The zero-order valence-corrected chi connectivity index (χ0v) is 15.9. The maximum atomic E-state index is 14.2. The summed E-state index contributed by atoms with van der Waals surface area (Å²) in [4.78, 5) is 11.1. The van der Waals surface area contributed by atoms with E-state index in [1.165, 1.54) is 31.4 Å². The first-order valence-electron chi connectivity index (χ1n) is 7.85. The molecule has 0 aliphatic rings. The summed E-state index contributed by atoms with van der Waals surface area (Å²) in [5.74, 6) is -2.75. The average molecular weight is 436 g/mol. The first-order valence-corrected chi connectivity index (χ1v) is 9.33. The molecular weight excluding hydrogens is 420 g/mol. The maximum Gasteiger partial charge on any atom is 0.426 e. The fraction of sp³-hybridized carbons (Fsp3) is 0.235. The number of anilines is 2. The lowest BCUT2D eigenvalue weighted by Crippen LogP contribution is -2.52. The van der Waals surface area contributed by atoms with E-state index >= 15 is 0 Å². The first kappa shape index (κ1) is 22.4. The number of carbonyl (C=O) groups is 1. The largest absolute Gasteiger partial charge is 0.497 e. The van der Waals surface area contributed by atoms with Crippen molar-refractivity contribution in [1.82, 2.24) is 0 Å². The fourth-order valence-corrected chi connectivity index (χ4v) is 3.08. The minimum atomic E-state index is -5.29. The number of amides is 1. The second-order valence-corrected chi connectivity index (χ2v) is 7.68. The van der Waals surface area contributed by atoms with Gasteiger partial charge in [0.15, 0.2) is 0 Å². The molecule has 2 rings (SSSR count). The summed E-state index contributed by atoms with van der Waals surface area (Å²) >= 11 is 0. The number of carbonyl (C=O) groups excluding carboxylic acids is 1. The van der Waals surface area contributed by atoms with E-state index in [1.807, 2.05) is 0 Å². The van der Waals surface area contributed by atoms with Gasteiger partial charge in [0.2, 0.25) is 5.60 Å². The normalized spacial score (nSPS) is 14.0. The number of methoxy groups -OCH3 is 1. The fourth-order valence-electron chi connectivity index (χ4n) is 2.01. The standard InChI is InChI=1S/C17H16F4N2O5S/c1-16(25,17(19,20)21)15(24)22-14-8-7-12(9-13(14)18)29(26,27)23-10-3-5-11(28-2)6-4-10/h3-9,23,25H,1-2H3,(H,22,24)/t16-/m1/s1. The molecule has 1 amide bonds. The van der Waals surface area contributed by atoms with Crippen LogP contribution in [0.1, 0.15) is 6.92 Å². The molecule has 0 aliphatic heterocycles. The lowest BCUT2D eigenvalue weighted by Gasteiger charge is -2.25. The third-order valence-electron chi connectivity index (χ3n) is 3.84. The molecule has 12 heteroatoms. The monoisotopic (exact) mass is 436 g/mol. The van der Waals surface area contributed by atoms with Crippen LogP contribution in [0.2, 0.25) is 0 Å². The summed E-state index contributed by atoms with van der Waals surface area (Å²) in [6.45, 7) is 0.206. The van der Waals surface area contributed by atoms with Crippen molar-refractivity contribution in [2.75, 3.05) is 17.1 Å². The number of hydrogen-bond acceptors (Lipinski definition) is 5. The van der Waals surface area contributed by atoms with E-state index in [-0.39, 0.29) is 12.6 Å². The van der Waals surface area contributed by atoms with Crippen molar-refractivity contribution in [3.8, 4) is 5.75 Å². The molecule has 0 fully saturated rings. The van der Waals surface area contributed by atoms with Crippen LogP contribution in [0.15, 0.2) is 47.4 Å². The Kier molecular flexibility index (Phi) is 6.09. The topological polar surface area (TPSA) is 105 Å². The molecule has 0 aliphatic carbocycles. The van der Waals surface area contributed by atoms with Gasteiger partial charge < -0.3 is 15.2 Å². The van der Waals surface area contributed by atoms with E-state index in [2.05, 4.69) is 4.72 Å². The smallest absolute Gasteiger partial charge is 0.426 e. The van der Waals surface area contributed by atoms with Crippen molar-refractivity contribution in [1.29, 1.82) is 0 Å². The molecule has 3 N–H and O–H groups in total. The third-order valence-corrected chi connectivity index (χ3v) is 5.21. The van der Waals surface area contributed by atoms with E-state index < -0.39 is 44.1 Å². The lowest BCUT2D eigenvalue weighted by atomic mass is 10.1. The Balaban J connectivity index is 2.22. The Morgan fingerprint density at radius 3 is 2.17 bits per heavy atom. The van der Waals surface area contributed by atoms with E-state index in [9.17, 15) is 35.9 Å². The van der Waals surface area contributed by atoms with Gasteiger partial charge in [0.25, 0.3) is 15.9 Å². The molecule has 0 bridgehead atoms. The van der Waals surface area contributed by atoms with Crippen molar-refractivity contribution in [2.45, 2.75) is 23.6 Å². The van der Waals surface area contributed by atoms with Crippen LogP contribution in [0, 0.1) is 5.82 Å². The molecular formula is C17H16F4N2O5S. The van der Waals surface area contributed by atoms with Crippen LogP contribution in [0.5, 0.6) is 5.75 Å². The second-order valence-electron chi connectivity index (χ2n) is 6.00. The van der Waals surface area contributed by atoms with Gasteiger partial charge in [-0.2, -0.15) is 13.2 Å². The van der Waals surface area contributed by atoms with Crippen molar-refractivity contribution < 1.29 is 40.6 Å². The van der Waals surface area contributed by atoms with Gasteiger partial charge in [-0.05, 0) is 49.4 Å². The molecule has 0 saturated carbocycles. The van der Waals surface area contributed by atoms with E-state index in [4.69, 9.17) is 4.74 Å². The zero-order valence-electron chi connectivity index (χ0n) is 15.0. The van der Waals surface area contributed by atoms with Crippen LogP contribution in [0.3, 0.4) is 0 Å². The number of halogens is 4. The van der Waals surface area contributed by atoms with Crippen LogP contribution >= 0.6 is 0 Å². The molecule has 29 heavy (non-hydrogen) atoms. The highest BCUT2D eigenvalue weighted by atomic mass is 32.2. The van der Waals surface area contributed by atoms with Crippen LogP contribution in [0.4, 0.5) is 28.9 Å². The highest BCUT2D eigenvalue weighted by Crippen LogP contribution is 2.31. The number of nitrogens with one attached hydrogen (secondary N) is 2. The Bertz CT molecular complexity index is 1010. The predicted octanol–water partition coefficient (Wildman–Crippen LogP) is 2.89. The maximum absolute atomic E-state index is 14.2. The van der Waals surface area contributed by atoms with Crippen LogP contribution in [-0.4, -0.2) is 38.3 Å². The highest BCUT2D eigenvalue weighted by Gasteiger charge is 2.55. The van der Waals surface area contributed by atoms with Crippen LogP contribution in [0.25, 0.3) is 0 Å². The minimum absolute atomic E-state index is 0.157. The van der Waals surface area contributed by atoms with Gasteiger partial charge in [0.1, 0.15) is 11.6 Å². The zero-order chi connectivity index (χ0) is 22.0. The molecule has 0 radical (unpaired) electrons. The molecule has 0 saturated heterocycles. The Morgan fingerprint density at radius 1 is 1.10 bits per heavy atom. The van der Waals surface area contributed by atoms with E-state index in [0.717, 1.165) is 12.1 Å². The van der Waals surface area contributed by atoms with Crippen LogP contribution in [-0.2, 0) is 14.8 Å². The summed E-state index contributed by atoms with van der Waals surface area (Å²) in [6, 6.07) is 7.95. The first-order chi connectivity index (χ1) is 13.3. The minimum Gasteiger partial charge on any atom is -0.497 e. The molecule has 0 spiro atoms. The Labute approximate surface area is 163 Å². The van der Waals surface area contributed by atoms with Crippen molar-refractivity contribution >= 4 is 27.3 Å².